The number of carbonyl (C=O) groups excluding carboxylic acids is 1. The maximum absolute atomic E-state index is 12.5. The number of hydrogen-bond donors (Lipinski definition) is 1. The van der Waals surface area contributed by atoms with Gasteiger partial charge in [0.15, 0.2) is 0 Å². The summed E-state index contributed by atoms with van der Waals surface area (Å²) in [4.78, 5) is 14.2. The van der Waals surface area contributed by atoms with Gasteiger partial charge in [-0.3, -0.25) is 4.79 Å². The van der Waals surface area contributed by atoms with Crippen LogP contribution in [0.3, 0.4) is 0 Å². The molecule has 0 heterocycles. The quantitative estimate of drug-likeness (QED) is 0.869. The number of rotatable bonds is 3. The van der Waals surface area contributed by atoms with E-state index >= 15 is 0 Å². The van der Waals surface area contributed by atoms with Crippen LogP contribution in [0.4, 0.5) is 5.69 Å². The molecule has 3 nitrogen and oxygen atoms in total. The fourth-order valence-corrected chi connectivity index (χ4v) is 2.22. The zero-order valence-electron chi connectivity index (χ0n) is 11.6. The van der Waals surface area contributed by atoms with Crippen molar-refractivity contribution in [3.05, 3.63) is 27.7 Å². The Balaban J connectivity index is 3.11. The SMILES string of the molecule is Cc1c(N)cc(Br)cc1C(=O)N(C)C(C)C(C)C. The van der Waals surface area contributed by atoms with Crippen LogP contribution in [-0.2, 0) is 0 Å². The van der Waals surface area contributed by atoms with E-state index in [9.17, 15) is 4.79 Å². The zero-order valence-corrected chi connectivity index (χ0v) is 13.2. The minimum Gasteiger partial charge on any atom is -0.398 e. The van der Waals surface area contributed by atoms with Crippen LogP contribution in [0.1, 0.15) is 36.7 Å². The van der Waals surface area contributed by atoms with Gasteiger partial charge >= 0.3 is 0 Å². The van der Waals surface area contributed by atoms with Gasteiger partial charge in [-0.25, -0.2) is 0 Å². The Labute approximate surface area is 117 Å². The second-order valence-electron chi connectivity index (χ2n) is 5.07. The molecule has 0 aromatic heterocycles. The zero-order chi connectivity index (χ0) is 14.0. The van der Waals surface area contributed by atoms with Gasteiger partial charge in [-0.2, -0.15) is 0 Å². The van der Waals surface area contributed by atoms with Gasteiger partial charge in [-0.1, -0.05) is 29.8 Å². The summed E-state index contributed by atoms with van der Waals surface area (Å²) in [6.45, 7) is 8.15. The monoisotopic (exact) mass is 312 g/mol. The van der Waals surface area contributed by atoms with Gasteiger partial charge in [0.25, 0.3) is 5.91 Å². The molecule has 1 unspecified atom stereocenters. The minimum absolute atomic E-state index is 0.0155. The molecule has 0 aliphatic rings. The second kappa shape index (κ2) is 5.74. The second-order valence-corrected chi connectivity index (χ2v) is 5.98. The summed E-state index contributed by atoms with van der Waals surface area (Å²) in [6.07, 6.45) is 0. The van der Waals surface area contributed by atoms with Crippen molar-refractivity contribution in [3.63, 3.8) is 0 Å². The van der Waals surface area contributed by atoms with E-state index in [2.05, 4.69) is 36.7 Å². The van der Waals surface area contributed by atoms with Gasteiger partial charge < -0.3 is 10.6 Å². The van der Waals surface area contributed by atoms with Crippen LogP contribution in [0.15, 0.2) is 16.6 Å². The van der Waals surface area contributed by atoms with Crippen molar-refractivity contribution in [2.45, 2.75) is 33.7 Å². The smallest absolute Gasteiger partial charge is 0.254 e. The molecule has 1 atom stereocenters. The van der Waals surface area contributed by atoms with E-state index in [0.717, 1.165) is 10.0 Å². The lowest BCUT2D eigenvalue weighted by atomic mass is 10.0. The Kier molecular flexibility index (Phi) is 4.79. The Hall–Kier alpha value is -1.03. The summed E-state index contributed by atoms with van der Waals surface area (Å²) in [7, 11) is 1.84. The molecule has 0 radical (unpaired) electrons. The number of halogens is 1. The third-order valence-corrected chi connectivity index (χ3v) is 4.00. The fourth-order valence-electron chi connectivity index (χ4n) is 1.74. The van der Waals surface area contributed by atoms with Crippen LogP contribution in [0, 0.1) is 12.8 Å². The number of hydrogen-bond acceptors (Lipinski definition) is 2. The van der Waals surface area contributed by atoms with Crippen molar-refractivity contribution < 1.29 is 4.79 Å². The van der Waals surface area contributed by atoms with Crippen LogP contribution < -0.4 is 5.73 Å². The molecular formula is C14H21BrN2O. The lowest BCUT2D eigenvalue weighted by Crippen LogP contribution is -2.38. The van der Waals surface area contributed by atoms with E-state index in [1.165, 1.54) is 0 Å². The molecule has 1 aromatic carbocycles. The highest BCUT2D eigenvalue weighted by Gasteiger charge is 2.22. The number of nitrogen functional groups attached to an aromatic ring is 1. The summed E-state index contributed by atoms with van der Waals surface area (Å²) in [6, 6.07) is 3.84. The van der Waals surface area contributed by atoms with Crippen LogP contribution >= 0.6 is 15.9 Å². The van der Waals surface area contributed by atoms with Crippen LogP contribution in [0.5, 0.6) is 0 Å². The van der Waals surface area contributed by atoms with Crippen molar-refractivity contribution in [2.75, 3.05) is 12.8 Å². The first-order valence-electron chi connectivity index (χ1n) is 6.08. The van der Waals surface area contributed by atoms with Gasteiger partial charge in [-0.05, 0) is 37.5 Å². The summed E-state index contributed by atoms with van der Waals surface area (Å²) in [5.41, 5.74) is 8.03. The predicted molar refractivity (Wildman–Crippen MR) is 79.7 cm³/mol. The van der Waals surface area contributed by atoms with Crippen molar-refractivity contribution >= 4 is 27.5 Å². The van der Waals surface area contributed by atoms with E-state index in [1.54, 1.807) is 4.90 Å². The molecule has 0 fully saturated rings. The van der Waals surface area contributed by atoms with E-state index < -0.39 is 0 Å². The molecule has 2 N–H and O–H groups in total. The van der Waals surface area contributed by atoms with Crippen molar-refractivity contribution in [2.24, 2.45) is 5.92 Å². The van der Waals surface area contributed by atoms with Gasteiger partial charge in [0.2, 0.25) is 0 Å². The minimum atomic E-state index is 0.0155. The number of nitrogens with two attached hydrogens (primary N) is 1. The van der Waals surface area contributed by atoms with Crippen molar-refractivity contribution in [1.82, 2.24) is 4.90 Å². The highest BCUT2D eigenvalue weighted by atomic mass is 79.9. The third kappa shape index (κ3) is 3.05. The maximum atomic E-state index is 12.5. The molecule has 18 heavy (non-hydrogen) atoms. The lowest BCUT2D eigenvalue weighted by Gasteiger charge is -2.28. The molecule has 4 heteroatoms. The first-order chi connectivity index (χ1) is 8.25. The maximum Gasteiger partial charge on any atom is 0.254 e. The lowest BCUT2D eigenvalue weighted by molar-refractivity contribution is 0.0706. The van der Waals surface area contributed by atoms with Crippen LogP contribution in [0.2, 0.25) is 0 Å². The number of amides is 1. The number of carbonyl (C=O) groups is 1. The first kappa shape index (κ1) is 15.0. The Morgan fingerprint density at radius 1 is 1.33 bits per heavy atom. The van der Waals surface area contributed by atoms with Gasteiger partial charge in [-0.15, -0.1) is 0 Å². The van der Waals surface area contributed by atoms with Crippen LogP contribution in [0.25, 0.3) is 0 Å². The van der Waals surface area contributed by atoms with E-state index in [-0.39, 0.29) is 11.9 Å². The fraction of sp³-hybridized carbons (Fsp3) is 0.500. The molecule has 0 saturated heterocycles. The van der Waals surface area contributed by atoms with E-state index in [0.29, 0.717) is 17.2 Å². The van der Waals surface area contributed by atoms with E-state index in [1.807, 2.05) is 26.1 Å². The molecular weight excluding hydrogens is 292 g/mol. The summed E-state index contributed by atoms with van der Waals surface area (Å²) in [5, 5.41) is 0. The number of nitrogens with zero attached hydrogens (tertiary/aromatic N) is 1. The molecule has 0 bridgehead atoms. The molecule has 0 spiro atoms. The van der Waals surface area contributed by atoms with Gasteiger partial charge in [0, 0.05) is 28.8 Å². The first-order valence-corrected chi connectivity index (χ1v) is 6.87. The molecule has 0 aliphatic heterocycles. The Bertz CT molecular complexity index is 457. The predicted octanol–water partition coefficient (Wildman–Crippen LogP) is 3.46. The Morgan fingerprint density at radius 2 is 1.89 bits per heavy atom. The highest BCUT2D eigenvalue weighted by Crippen LogP contribution is 2.24. The normalized spacial score (nSPS) is 12.6. The Morgan fingerprint density at radius 3 is 2.39 bits per heavy atom. The van der Waals surface area contributed by atoms with E-state index in [4.69, 9.17) is 5.73 Å². The van der Waals surface area contributed by atoms with Crippen molar-refractivity contribution in [1.29, 1.82) is 0 Å². The van der Waals surface area contributed by atoms with Gasteiger partial charge in [0.05, 0.1) is 0 Å². The number of anilines is 1. The molecule has 1 amide bonds. The third-order valence-electron chi connectivity index (χ3n) is 3.54. The molecule has 1 aromatic rings. The average molecular weight is 313 g/mol. The summed E-state index contributed by atoms with van der Waals surface area (Å²) < 4.78 is 0.833. The van der Waals surface area contributed by atoms with Crippen LogP contribution in [-0.4, -0.2) is 23.9 Å². The topological polar surface area (TPSA) is 46.3 Å². The van der Waals surface area contributed by atoms with Crippen molar-refractivity contribution in [3.8, 4) is 0 Å². The molecule has 0 saturated carbocycles. The number of benzene rings is 1. The highest BCUT2D eigenvalue weighted by molar-refractivity contribution is 9.10. The van der Waals surface area contributed by atoms with Gasteiger partial charge in [0.1, 0.15) is 0 Å². The summed E-state index contributed by atoms with van der Waals surface area (Å²) in [5.74, 6) is 0.436. The molecule has 0 aliphatic carbocycles. The largest absolute Gasteiger partial charge is 0.398 e. The molecule has 100 valence electrons. The summed E-state index contributed by atoms with van der Waals surface area (Å²) >= 11 is 3.38. The average Bonchev–Trinajstić information content (AvgIpc) is 2.30. The standard InChI is InChI=1S/C14H21BrN2O/c1-8(2)10(4)17(5)14(18)12-6-11(15)7-13(16)9(12)3/h6-8,10H,16H2,1-5H3. The molecule has 1 rings (SSSR count).